The van der Waals surface area contributed by atoms with Gasteiger partial charge in [-0.25, -0.2) is 9.59 Å². The number of hydrogen-bond donors (Lipinski definition) is 0. The fourth-order valence-electron chi connectivity index (χ4n) is 3.10. The third kappa shape index (κ3) is 8.00. The summed E-state index contributed by atoms with van der Waals surface area (Å²) in [6, 6.07) is -0.278. The summed E-state index contributed by atoms with van der Waals surface area (Å²) in [4.78, 5) is 28.2. The predicted molar refractivity (Wildman–Crippen MR) is 127 cm³/mol. The molecule has 0 aromatic rings. The molecule has 1 saturated heterocycles. The van der Waals surface area contributed by atoms with Gasteiger partial charge in [-0.2, -0.15) is 0 Å². The van der Waals surface area contributed by atoms with E-state index in [4.69, 9.17) is 13.9 Å². The zero-order valence-electron chi connectivity index (χ0n) is 20.9. The third-order valence-electron chi connectivity index (χ3n) is 5.71. The topological polar surface area (TPSA) is 68.3 Å². The van der Waals surface area contributed by atoms with Gasteiger partial charge in [0.25, 0.3) is 0 Å². The lowest BCUT2D eigenvalue weighted by Gasteiger charge is -2.38. The van der Waals surface area contributed by atoms with E-state index in [2.05, 4.69) is 47.0 Å². The largest absolute Gasteiger partial charge is 0.445 e. The molecule has 0 bridgehead atoms. The Morgan fingerprint density at radius 2 is 1.77 bits per heavy atom. The van der Waals surface area contributed by atoms with E-state index in [0.29, 0.717) is 13.0 Å². The fourth-order valence-corrected chi connectivity index (χ4v) is 4.46. The maximum absolute atomic E-state index is 12.9. The van der Waals surface area contributed by atoms with Gasteiger partial charge in [-0.15, -0.1) is 0 Å². The highest BCUT2D eigenvalue weighted by Crippen LogP contribution is 2.39. The average molecular weight is 455 g/mol. The first kappa shape index (κ1) is 27.2. The van der Waals surface area contributed by atoms with Crippen LogP contribution in [-0.4, -0.2) is 74.8 Å². The summed E-state index contributed by atoms with van der Waals surface area (Å²) in [5.41, 5.74) is 0.136. The standard InChI is InChI=1S/C23H42N2O5Si/c1-12-13-28-20(26)24(9)15-17(2)19-14-18(30-31(10,11)23(6,7)8)16-25(19)21(27)29-22(3,4)5/h12,18-19H,1-2,13-16H2,3-11H3/t18-,19+/m1/s1. The molecule has 1 aliphatic rings. The highest BCUT2D eigenvalue weighted by Gasteiger charge is 2.45. The summed E-state index contributed by atoms with van der Waals surface area (Å²) in [5, 5.41) is 0.0635. The number of carbonyl (C=O) groups is 2. The minimum absolute atomic E-state index is 0.0635. The Morgan fingerprint density at radius 1 is 1.19 bits per heavy atom. The zero-order chi connectivity index (χ0) is 24.2. The third-order valence-corrected chi connectivity index (χ3v) is 10.2. The van der Waals surface area contributed by atoms with Gasteiger partial charge in [0, 0.05) is 20.1 Å². The van der Waals surface area contributed by atoms with Crippen LogP contribution in [0.15, 0.2) is 24.8 Å². The number of rotatable bonds is 7. The Morgan fingerprint density at radius 3 is 2.26 bits per heavy atom. The van der Waals surface area contributed by atoms with Gasteiger partial charge in [-0.1, -0.05) is 40.0 Å². The lowest BCUT2D eigenvalue weighted by molar-refractivity contribution is 0.0228. The SMILES string of the molecule is C=CCOC(=O)N(C)CC(=C)[C@@H]1C[C@@H](O[Si](C)(C)C(C)(C)C)CN1C(=O)OC(C)(C)C. The van der Waals surface area contributed by atoms with Crippen molar-refractivity contribution in [2.45, 2.75) is 83.8 Å². The average Bonchev–Trinajstić information content (AvgIpc) is 3.00. The summed E-state index contributed by atoms with van der Waals surface area (Å²) in [7, 11) is -0.367. The van der Waals surface area contributed by atoms with Crippen LogP contribution in [0.3, 0.4) is 0 Å². The number of hydrogen-bond acceptors (Lipinski definition) is 5. The Hall–Kier alpha value is -1.80. The second kappa shape index (κ2) is 10.2. The van der Waals surface area contributed by atoms with Gasteiger partial charge in [0.05, 0.1) is 12.1 Å². The number of likely N-dealkylation sites (tertiary alicyclic amines) is 1. The first-order valence-corrected chi connectivity index (χ1v) is 13.7. The quantitative estimate of drug-likeness (QED) is 0.391. The van der Waals surface area contributed by atoms with E-state index in [0.717, 1.165) is 5.57 Å². The highest BCUT2D eigenvalue weighted by atomic mass is 28.4. The summed E-state index contributed by atoms with van der Waals surface area (Å²) >= 11 is 0. The van der Waals surface area contributed by atoms with Gasteiger partial charge in [-0.3, -0.25) is 4.90 Å². The van der Waals surface area contributed by atoms with Crippen molar-refractivity contribution in [3.05, 3.63) is 24.8 Å². The molecule has 0 spiro atoms. The fraction of sp³-hybridized carbons (Fsp3) is 0.739. The van der Waals surface area contributed by atoms with E-state index in [1.165, 1.54) is 11.0 Å². The molecular weight excluding hydrogens is 412 g/mol. The zero-order valence-corrected chi connectivity index (χ0v) is 21.9. The van der Waals surface area contributed by atoms with Crippen LogP contribution in [0.4, 0.5) is 9.59 Å². The number of carbonyl (C=O) groups excluding carboxylic acids is 2. The number of likely N-dealkylation sites (N-methyl/N-ethyl adjacent to an activating group) is 1. The summed E-state index contributed by atoms with van der Waals surface area (Å²) in [5.74, 6) is 0. The van der Waals surface area contributed by atoms with Gasteiger partial charge < -0.3 is 18.8 Å². The van der Waals surface area contributed by atoms with Crippen LogP contribution < -0.4 is 0 Å². The lowest BCUT2D eigenvalue weighted by Crippen LogP contribution is -2.45. The van der Waals surface area contributed by atoms with E-state index >= 15 is 0 Å². The van der Waals surface area contributed by atoms with Gasteiger partial charge >= 0.3 is 12.2 Å². The van der Waals surface area contributed by atoms with Crippen LogP contribution in [0.5, 0.6) is 0 Å². The van der Waals surface area contributed by atoms with E-state index < -0.39 is 26.1 Å². The molecule has 0 saturated carbocycles. The Kier molecular flexibility index (Phi) is 8.97. The van der Waals surface area contributed by atoms with Gasteiger partial charge in [-0.05, 0) is 50.9 Å². The monoisotopic (exact) mass is 454 g/mol. The smallest absolute Gasteiger partial charge is 0.410 e. The minimum atomic E-state index is -2.01. The van der Waals surface area contributed by atoms with Crippen molar-refractivity contribution in [2.24, 2.45) is 0 Å². The second-order valence-corrected chi connectivity index (χ2v) is 15.5. The molecule has 0 N–H and O–H groups in total. The molecule has 0 aromatic heterocycles. The lowest BCUT2D eigenvalue weighted by atomic mass is 10.1. The molecule has 0 aromatic carbocycles. The normalized spacial score (nSPS) is 19.7. The maximum Gasteiger partial charge on any atom is 0.410 e. The Labute approximate surface area is 189 Å². The Balaban J connectivity index is 3.00. The minimum Gasteiger partial charge on any atom is -0.445 e. The van der Waals surface area contributed by atoms with E-state index in [1.807, 2.05) is 20.8 Å². The maximum atomic E-state index is 12.9. The van der Waals surface area contributed by atoms with Crippen LogP contribution in [0, 0.1) is 0 Å². The van der Waals surface area contributed by atoms with Crippen molar-refractivity contribution >= 4 is 20.5 Å². The van der Waals surface area contributed by atoms with Crippen LogP contribution in [-0.2, 0) is 13.9 Å². The summed E-state index contributed by atoms with van der Waals surface area (Å²) < 4.78 is 17.3. The van der Waals surface area contributed by atoms with Crippen LogP contribution in [0.1, 0.15) is 48.0 Å². The summed E-state index contributed by atoms with van der Waals surface area (Å²) in [6.45, 7) is 25.1. The van der Waals surface area contributed by atoms with Crippen molar-refractivity contribution in [3.8, 4) is 0 Å². The molecule has 1 aliphatic heterocycles. The Bertz CT molecular complexity index is 678. The molecule has 31 heavy (non-hydrogen) atoms. The highest BCUT2D eigenvalue weighted by molar-refractivity contribution is 6.74. The first-order chi connectivity index (χ1) is 14.0. The van der Waals surface area contributed by atoms with Crippen LogP contribution in [0.25, 0.3) is 0 Å². The van der Waals surface area contributed by atoms with Gasteiger partial charge in [0.15, 0.2) is 8.32 Å². The van der Waals surface area contributed by atoms with E-state index in [9.17, 15) is 9.59 Å². The van der Waals surface area contributed by atoms with Gasteiger partial charge in [0.1, 0.15) is 12.2 Å². The van der Waals surface area contributed by atoms with Crippen molar-refractivity contribution in [2.75, 3.05) is 26.7 Å². The first-order valence-electron chi connectivity index (χ1n) is 10.8. The molecule has 1 rings (SSSR count). The molecule has 8 heteroatoms. The molecule has 0 radical (unpaired) electrons. The van der Waals surface area contributed by atoms with Crippen molar-refractivity contribution < 1.29 is 23.5 Å². The molecule has 178 valence electrons. The van der Waals surface area contributed by atoms with E-state index in [-0.39, 0.29) is 30.3 Å². The number of amides is 2. The number of ether oxygens (including phenoxy) is 2. The number of nitrogens with zero attached hydrogens (tertiary/aromatic N) is 2. The molecule has 1 heterocycles. The van der Waals surface area contributed by atoms with Crippen molar-refractivity contribution in [1.29, 1.82) is 0 Å². The second-order valence-electron chi connectivity index (χ2n) is 10.8. The molecule has 2 amide bonds. The van der Waals surface area contributed by atoms with Gasteiger partial charge in [0.2, 0.25) is 0 Å². The molecular formula is C23H42N2O5Si. The summed E-state index contributed by atoms with van der Waals surface area (Å²) in [6.07, 6.45) is 1.19. The predicted octanol–water partition coefficient (Wildman–Crippen LogP) is 5.20. The molecule has 7 nitrogen and oxygen atoms in total. The molecule has 0 aliphatic carbocycles. The molecule has 2 atom stereocenters. The van der Waals surface area contributed by atoms with Crippen molar-refractivity contribution in [3.63, 3.8) is 0 Å². The molecule has 0 unspecified atom stereocenters. The van der Waals surface area contributed by atoms with Crippen LogP contribution in [0.2, 0.25) is 18.1 Å². The van der Waals surface area contributed by atoms with Crippen molar-refractivity contribution in [1.82, 2.24) is 9.80 Å². The van der Waals surface area contributed by atoms with E-state index in [1.54, 1.807) is 11.9 Å². The molecule has 1 fully saturated rings. The van der Waals surface area contributed by atoms with Crippen LogP contribution >= 0.6 is 0 Å².